The third kappa shape index (κ3) is 3.47. The Morgan fingerprint density at radius 3 is 2.86 bits per heavy atom. The number of benzene rings is 1. The molecule has 2 atom stereocenters. The first-order valence-electron chi connectivity index (χ1n) is 9.04. The molecule has 29 heavy (non-hydrogen) atoms. The van der Waals surface area contributed by atoms with E-state index in [9.17, 15) is 13.6 Å². The maximum atomic E-state index is 13.2. The van der Waals surface area contributed by atoms with E-state index >= 15 is 0 Å². The average Bonchev–Trinajstić information content (AvgIpc) is 3.47. The number of hydrogen-bond donors (Lipinski definition) is 2. The zero-order valence-electron chi connectivity index (χ0n) is 15.5. The van der Waals surface area contributed by atoms with Gasteiger partial charge < -0.3 is 11.1 Å². The summed E-state index contributed by atoms with van der Waals surface area (Å²) in [5.74, 6) is -0.245. The van der Waals surface area contributed by atoms with E-state index in [2.05, 4.69) is 21.4 Å². The molecule has 0 saturated heterocycles. The van der Waals surface area contributed by atoms with Gasteiger partial charge in [-0.2, -0.15) is 5.26 Å². The second kappa shape index (κ2) is 7.09. The monoisotopic (exact) mass is 393 g/mol. The van der Waals surface area contributed by atoms with Crippen molar-refractivity contribution in [3.05, 3.63) is 47.7 Å². The van der Waals surface area contributed by atoms with Crippen LogP contribution in [-0.2, 0) is 4.79 Å². The minimum atomic E-state index is -2.58. The van der Waals surface area contributed by atoms with E-state index in [0.29, 0.717) is 39.8 Å². The molecule has 0 bridgehead atoms. The highest BCUT2D eigenvalue weighted by Gasteiger charge is 2.43. The van der Waals surface area contributed by atoms with Crippen molar-refractivity contribution in [2.24, 2.45) is 11.8 Å². The molecule has 146 valence electrons. The molecule has 0 aliphatic heterocycles. The molecule has 3 N–H and O–H groups in total. The molecule has 1 aliphatic carbocycles. The summed E-state index contributed by atoms with van der Waals surface area (Å²) in [5.41, 5.74) is 7.48. The Hall–Kier alpha value is -3.60. The van der Waals surface area contributed by atoms with Crippen molar-refractivity contribution in [2.45, 2.75) is 19.8 Å². The number of nitriles is 1. The normalized spacial score (nSPS) is 17.9. The van der Waals surface area contributed by atoms with Gasteiger partial charge in [0.2, 0.25) is 5.91 Å². The predicted molar refractivity (Wildman–Crippen MR) is 105 cm³/mol. The molecular formula is C21H17F2N5O. The fourth-order valence-corrected chi connectivity index (χ4v) is 3.39. The van der Waals surface area contributed by atoms with E-state index in [1.807, 2.05) is 0 Å². The van der Waals surface area contributed by atoms with Crippen molar-refractivity contribution in [1.29, 1.82) is 5.26 Å². The Morgan fingerprint density at radius 1 is 1.38 bits per heavy atom. The molecule has 1 aromatic carbocycles. The summed E-state index contributed by atoms with van der Waals surface area (Å²) < 4.78 is 26.5. The molecule has 2 aromatic heterocycles. The first-order valence-corrected chi connectivity index (χ1v) is 9.04. The number of nitrogens with two attached hydrogens (primary N) is 1. The van der Waals surface area contributed by atoms with E-state index in [-0.39, 0.29) is 29.1 Å². The van der Waals surface area contributed by atoms with Crippen molar-refractivity contribution in [3.8, 4) is 17.3 Å². The van der Waals surface area contributed by atoms with Crippen LogP contribution in [0, 0.1) is 30.1 Å². The summed E-state index contributed by atoms with van der Waals surface area (Å²) in [7, 11) is 0. The van der Waals surface area contributed by atoms with Gasteiger partial charge in [0.25, 0.3) is 6.43 Å². The second-order valence-corrected chi connectivity index (χ2v) is 7.07. The highest BCUT2D eigenvalue weighted by molar-refractivity contribution is 5.98. The van der Waals surface area contributed by atoms with Gasteiger partial charge in [0.05, 0.1) is 23.6 Å². The first kappa shape index (κ1) is 18.7. The second-order valence-electron chi connectivity index (χ2n) is 7.07. The molecule has 4 rings (SSSR count). The smallest absolute Gasteiger partial charge is 0.264 e. The molecule has 2 heterocycles. The van der Waals surface area contributed by atoms with Gasteiger partial charge in [-0.3, -0.25) is 4.79 Å². The van der Waals surface area contributed by atoms with Crippen LogP contribution in [0.4, 0.5) is 20.4 Å². The van der Waals surface area contributed by atoms with E-state index < -0.39 is 6.43 Å². The predicted octanol–water partition coefficient (Wildman–Crippen LogP) is 4.22. The summed E-state index contributed by atoms with van der Waals surface area (Å²) in [4.78, 5) is 20.7. The summed E-state index contributed by atoms with van der Waals surface area (Å²) in [5, 5.41) is 12.8. The third-order valence-electron chi connectivity index (χ3n) is 5.18. The molecule has 0 spiro atoms. The number of hydrogen-bond acceptors (Lipinski definition) is 5. The molecule has 1 saturated carbocycles. The molecule has 6 nitrogen and oxygen atoms in total. The fraction of sp³-hybridized carbons (Fsp3) is 0.238. The number of halogens is 2. The minimum Gasteiger partial charge on any atom is -0.383 e. The van der Waals surface area contributed by atoms with Crippen molar-refractivity contribution in [2.75, 3.05) is 11.1 Å². The lowest BCUT2D eigenvalue weighted by atomic mass is 9.99. The van der Waals surface area contributed by atoms with Crippen LogP contribution in [0.1, 0.15) is 24.0 Å². The first-order chi connectivity index (χ1) is 13.9. The van der Waals surface area contributed by atoms with E-state index in [1.165, 1.54) is 12.3 Å². The molecule has 0 radical (unpaired) electrons. The standard InChI is InChI=1S/C21H17F2N5O/c1-10-13(3-2-4-14(10)19(22)23)17-6-11-7-18(26-9-16(11)20(25)27-17)28-21(29)15-5-12(15)8-24/h2-4,6-7,9,12,15,19H,5H2,1H3,(H2,25,27)(H,26,28,29)/t12-,15+/m0/s1. The molecule has 1 fully saturated rings. The molecule has 0 unspecified atom stereocenters. The van der Waals surface area contributed by atoms with Crippen LogP contribution >= 0.6 is 0 Å². The van der Waals surface area contributed by atoms with Gasteiger partial charge in [0, 0.05) is 22.7 Å². The van der Waals surface area contributed by atoms with Gasteiger partial charge in [-0.25, -0.2) is 18.7 Å². The maximum absolute atomic E-state index is 13.2. The number of nitrogen functional groups attached to an aromatic ring is 1. The lowest BCUT2D eigenvalue weighted by molar-refractivity contribution is -0.117. The summed E-state index contributed by atoms with van der Waals surface area (Å²) in [6.07, 6.45) is -0.524. The highest BCUT2D eigenvalue weighted by Crippen LogP contribution is 2.38. The van der Waals surface area contributed by atoms with Gasteiger partial charge in [-0.1, -0.05) is 18.2 Å². The van der Waals surface area contributed by atoms with Crippen LogP contribution in [0.2, 0.25) is 0 Å². The van der Waals surface area contributed by atoms with Crippen LogP contribution in [0.3, 0.4) is 0 Å². The van der Waals surface area contributed by atoms with Crippen LogP contribution in [-0.4, -0.2) is 15.9 Å². The third-order valence-corrected chi connectivity index (χ3v) is 5.18. The fourth-order valence-electron chi connectivity index (χ4n) is 3.39. The number of aromatic nitrogens is 2. The number of amides is 1. The number of fused-ring (bicyclic) bond motifs is 1. The Morgan fingerprint density at radius 2 is 2.17 bits per heavy atom. The Labute approximate surface area is 165 Å². The summed E-state index contributed by atoms with van der Waals surface area (Å²) in [6, 6.07) is 10.1. The Balaban J connectivity index is 1.72. The zero-order chi connectivity index (χ0) is 20.7. The number of pyridine rings is 2. The van der Waals surface area contributed by atoms with Crippen molar-refractivity contribution in [1.82, 2.24) is 9.97 Å². The molecular weight excluding hydrogens is 376 g/mol. The molecule has 1 aliphatic rings. The van der Waals surface area contributed by atoms with E-state index in [1.54, 1.807) is 31.2 Å². The number of nitrogens with one attached hydrogen (secondary N) is 1. The van der Waals surface area contributed by atoms with E-state index in [4.69, 9.17) is 11.0 Å². The maximum Gasteiger partial charge on any atom is 0.264 e. The lowest BCUT2D eigenvalue weighted by Crippen LogP contribution is -2.15. The highest BCUT2D eigenvalue weighted by atomic mass is 19.3. The average molecular weight is 393 g/mol. The summed E-state index contributed by atoms with van der Waals surface area (Å²) in [6.45, 7) is 1.62. The van der Waals surface area contributed by atoms with Crippen LogP contribution in [0.25, 0.3) is 22.0 Å². The van der Waals surface area contributed by atoms with Gasteiger partial charge >= 0.3 is 0 Å². The molecule has 3 aromatic rings. The minimum absolute atomic E-state index is 0.0536. The number of rotatable bonds is 4. The SMILES string of the molecule is Cc1c(-c2cc3cc(NC(=O)[C@@H]4C[C@H]4C#N)ncc3c(N)n2)cccc1C(F)F. The topological polar surface area (TPSA) is 105 Å². The Bertz CT molecular complexity index is 1170. The van der Waals surface area contributed by atoms with Crippen LogP contribution in [0.15, 0.2) is 36.5 Å². The van der Waals surface area contributed by atoms with E-state index in [0.717, 1.165) is 0 Å². The van der Waals surface area contributed by atoms with Gasteiger partial charge in [-0.05, 0) is 36.4 Å². The number of anilines is 2. The van der Waals surface area contributed by atoms with Crippen molar-refractivity contribution < 1.29 is 13.6 Å². The number of carbonyl (C=O) groups is 1. The number of alkyl halides is 2. The van der Waals surface area contributed by atoms with Crippen molar-refractivity contribution in [3.63, 3.8) is 0 Å². The van der Waals surface area contributed by atoms with Gasteiger partial charge in [-0.15, -0.1) is 0 Å². The van der Waals surface area contributed by atoms with Crippen molar-refractivity contribution >= 4 is 28.3 Å². The van der Waals surface area contributed by atoms with Gasteiger partial charge in [0.1, 0.15) is 11.6 Å². The molecule has 1 amide bonds. The Kier molecular flexibility index (Phi) is 4.59. The van der Waals surface area contributed by atoms with Crippen LogP contribution in [0.5, 0.6) is 0 Å². The lowest BCUT2D eigenvalue weighted by Gasteiger charge is -2.12. The quantitative estimate of drug-likeness (QED) is 0.690. The largest absolute Gasteiger partial charge is 0.383 e. The molecule has 8 heteroatoms. The van der Waals surface area contributed by atoms with Crippen LogP contribution < -0.4 is 11.1 Å². The number of nitrogens with zero attached hydrogens (tertiary/aromatic N) is 3. The zero-order valence-corrected chi connectivity index (χ0v) is 15.5. The summed E-state index contributed by atoms with van der Waals surface area (Å²) >= 11 is 0. The van der Waals surface area contributed by atoms with Gasteiger partial charge in [0.15, 0.2) is 0 Å². The number of carbonyl (C=O) groups excluding carboxylic acids is 1.